The molecule has 0 fully saturated rings. The van der Waals surface area contributed by atoms with Gasteiger partial charge in [0.15, 0.2) is 5.15 Å². The Balaban J connectivity index is 2.29. The molecule has 16 heavy (non-hydrogen) atoms. The highest BCUT2D eigenvalue weighted by Gasteiger charge is 2.28. The molecule has 1 aromatic rings. The molecule has 0 spiro atoms. The number of carboxylic acids is 1. The fraction of sp³-hybridized carbons (Fsp3) is 0.600. The average molecular weight is 245 g/mol. The lowest BCUT2D eigenvalue weighted by molar-refractivity contribution is -0.142. The number of fused-ring (bicyclic) bond motifs is 1. The molecule has 0 aromatic carbocycles. The van der Waals surface area contributed by atoms with E-state index in [1.807, 2.05) is 4.57 Å². The van der Waals surface area contributed by atoms with Gasteiger partial charge in [-0.2, -0.15) is 0 Å². The molecule has 0 saturated heterocycles. The topological polar surface area (TPSA) is 75.3 Å². The lowest BCUT2D eigenvalue weighted by atomic mass is 9.96. The van der Waals surface area contributed by atoms with Gasteiger partial charge in [0.1, 0.15) is 5.82 Å². The highest BCUT2D eigenvalue weighted by atomic mass is 35.5. The summed E-state index contributed by atoms with van der Waals surface area (Å²) >= 11 is 5.96. The average Bonchev–Trinajstić information content (AvgIpc) is 2.56. The van der Waals surface area contributed by atoms with Gasteiger partial charge < -0.3 is 14.8 Å². The number of imidazole rings is 1. The number of aliphatic carboxylic acids is 1. The van der Waals surface area contributed by atoms with Crippen molar-refractivity contribution in [1.29, 1.82) is 0 Å². The predicted molar refractivity (Wildman–Crippen MR) is 57.5 cm³/mol. The molecular weight excluding hydrogens is 232 g/mol. The van der Waals surface area contributed by atoms with Gasteiger partial charge in [-0.1, -0.05) is 11.6 Å². The van der Waals surface area contributed by atoms with E-state index >= 15 is 0 Å². The Kier molecular flexibility index (Phi) is 3.16. The maximum Gasteiger partial charge on any atom is 0.306 e. The van der Waals surface area contributed by atoms with E-state index in [2.05, 4.69) is 4.98 Å². The first-order valence-corrected chi connectivity index (χ1v) is 5.58. The standard InChI is InChI=1S/C10H13ClN2O3/c11-9-7-5-6(10(15)16)1-3-13(7)8(12-9)2-4-14/h6,14H,1-5H2,(H,15,16). The van der Waals surface area contributed by atoms with Crippen molar-refractivity contribution in [3.05, 3.63) is 16.7 Å². The molecule has 0 radical (unpaired) electrons. The van der Waals surface area contributed by atoms with E-state index in [0.29, 0.717) is 31.0 Å². The van der Waals surface area contributed by atoms with Gasteiger partial charge >= 0.3 is 5.97 Å². The summed E-state index contributed by atoms with van der Waals surface area (Å²) in [6.07, 6.45) is 1.47. The smallest absolute Gasteiger partial charge is 0.306 e. The Labute approximate surface area is 97.7 Å². The summed E-state index contributed by atoms with van der Waals surface area (Å²) in [6.45, 7) is 0.635. The lowest BCUT2D eigenvalue weighted by Gasteiger charge is -2.22. The second-order valence-corrected chi connectivity index (χ2v) is 4.28. The van der Waals surface area contributed by atoms with E-state index in [9.17, 15) is 4.79 Å². The van der Waals surface area contributed by atoms with Gasteiger partial charge in [0.05, 0.1) is 18.2 Å². The van der Waals surface area contributed by atoms with Crippen LogP contribution in [0.25, 0.3) is 0 Å². The zero-order chi connectivity index (χ0) is 11.7. The third kappa shape index (κ3) is 1.92. The fourth-order valence-electron chi connectivity index (χ4n) is 2.09. The van der Waals surface area contributed by atoms with Gasteiger partial charge in [-0.15, -0.1) is 0 Å². The van der Waals surface area contributed by atoms with Crippen molar-refractivity contribution in [3.63, 3.8) is 0 Å². The van der Waals surface area contributed by atoms with Crippen molar-refractivity contribution in [2.45, 2.75) is 25.8 Å². The highest BCUT2D eigenvalue weighted by Crippen LogP contribution is 2.27. The number of carbonyl (C=O) groups is 1. The van der Waals surface area contributed by atoms with Crippen LogP contribution in [0.2, 0.25) is 5.15 Å². The summed E-state index contributed by atoms with van der Waals surface area (Å²) < 4.78 is 1.93. The Bertz CT molecular complexity index is 416. The minimum atomic E-state index is -0.785. The predicted octanol–water partition coefficient (Wildman–Crippen LogP) is 0.718. The molecule has 1 aliphatic rings. The van der Waals surface area contributed by atoms with Gasteiger partial charge in [-0.25, -0.2) is 4.98 Å². The largest absolute Gasteiger partial charge is 0.481 e. The summed E-state index contributed by atoms with van der Waals surface area (Å²) in [5.41, 5.74) is 0.781. The molecule has 88 valence electrons. The van der Waals surface area contributed by atoms with Gasteiger partial charge in [0.25, 0.3) is 0 Å². The van der Waals surface area contributed by atoms with E-state index in [1.54, 1.807) is 0 Å². The maximum absolute atomic E-state index is 10.9. The number of aromatic nitrogens is 2. The third-order valence-corrected chi connectivity index (χ3v) is 3.23. The SMILES string of the molecule is O=C(O)C1CCn2c(CCO)nc(Cl)c2C1. The Morgan fingerprint density at radius 2 is 2.38 bits per heavy atom. The quantitative estimate of drug-likeness (QED) is 0.822. The van der Waals surface area contributed by atoms with Crippen molar-refractivity contribution >= 4 is 17.6 Å². The van der Waals surface area contributed by atoms with E-state index in [0.717, 1.165) is 11.5 Å². The molecule has 1 aromatic heterocycles. The van der Waals surface area contributed by atoms with Crippen LogP contribution in [-0.4, -0.2) is 32.3 Å². The van der Waals surface area contributed by atoms with Crippen LogP contribution in [0.5, 0.6) is 0 Å². The highest BCUT2D eigenvalue weighted by molar-refractivity contribution is 6.30. The number of rotatable bonds is 3. The number of halogens is 1. The fourth-order valence-corrected chi connectivity index (χ4v) is 2.36. The van der Waals surface area contributed by atoms with Gasteiger partial charge in [0, 0.05) is 19.4 Å². The monoisotopic (exact) mass is 244 g/mol. The Hall–Kier alpha value is -1.07. The first-order chi connectivity index (χ1) is 7.63. The second kappa shape index (κ2) is 4.43. The molecule has 2 N–H and O–H groups in total. The Morgan fingerprint density at radius 1 is 1.62 bits per heavy atom. The van der Waals surface area contributed by atoms with Crippen LogP contribution in [-0.2, 0) is 24.2 Å². The minimum Gasteiger partial charge on any atom is -0.481 e. The minimum absolute atomic E-state index is 0.0230. The number of aliphatic hydroxyl groups is 1. The van der Waals surface area contributed by atoms with Crippen LogP contribution in [0.1, 0.15) is 17.9 Å². The molecule has 0 saturated carbocycles. The Morgan fingerprint density at radius 3 is 3.00 bits per heavy atom. The molecular formula is C10H13ClN2O3. The number of hydrogen-bond donors (Lipinski definition) is 2. The maximum atomic E-state index is 10.9. The zero-order valence-electron chi connectivity index (χ0n) is 8.69. The zero-order valence-corrected chi connectivity index (χ0v) is 9.44. The van der Waals surface area contributed by atoms with E-state index in [-0.39, 0.29) is 12.5 Å². The number of hydrogen-bond acceptors (Lipinski definition) is 3. The van der Waals surface area contributed by atoms with Gasteiger partial charge in [0.2, 0.25) is 0 Å². The summed E-state index contributed by atoms with van der Waals surface area (Å²) in [6, 6.07) is 0. The lowest BCUT2D eigenvalue weighted by Crippen LogP contribution is -2.26. The summed E-state index contributed by atoms with van der Waals surface area (Å²) in [4.78, 5) is 15.0. The van der Waals surface area contributed by atoms with Crippen molar-refractivity contribution in [2.24, 2.45) is 5.92 Å². The normalized spacial score (nSPS) is 19.5. The van der Waals surface area contributed by atoms with Crippen LogP contribution in [0.15, 0.2) is 0 Å². The molecule has 0 bridgehead atoms. The summed E-state index contributed by atoms with van der Waals surface area (Å²) in [5, 5.41) is 18.2. The first-order valence-electron chi connectivity index (χ1n) is 5.21. The number of nitrogens with zero attached hydrogens (tertiary/aromatic N) is 2. The van der Waals surface area contributed by atoms with Crippen LogP contribution in [0.3, 0.4) is 0 Å². The van der Waals surface area contributed by atoms with Gasteiger partial charge in [-0.3, -0.25) is 4.79 Å². The summed E-state index contributed by atoms with van der Waals surface area (Å²) in [7, 11) is 0. The molecule has 5 nitrogen and oxygen atoms in total. The third-order valence-electron chi connectivity index (χ3n) is 2.93. The molecule has 0 amide bonds. The molecule has 1 unspecified atom stereocenters. The van der Waals surface area contributed by atoms with E-state index in [4.69, 9.17) is 21.8 Å². The second-order valence-electron chi connectivity index (χ2n) is 3.92. The van der Waals surface area contributed by atoms with Crippen LogP contribution >= 0.6 is 11.6 Å². The van der Waals surface area contributed by atoms with E-state index in [1.165, 1.54) is 0 Å². The number of aliphatic hydroxyl groups excluding tert-OH is 1. The van der Waals surface area contributed by atoms with Crippen LogP contribution in [0.4, 0.5) is 0 Å². The van der Waals surface area contributed by atoms with Crippen molar-refractivity contribution in [3.8, 4) is 0 Å². The molecule has 6 heteroatoms. The van der Waals surface area contributed by atoms with E-state index < -0.39 is 5.97 Å². The van der Waals surface area contributed by atoms with Crippen molar-refractivity contribution < 1.29 is 15.0 Å². The van der Waals surface area contributed by atoms with Crippen molar-refractivity contribution in [2.75, 3.05) is 6.61 Å². The van der Waals surface area contributed by atoms with Crippen LogP contribution < -0.4 is 0 Å². The van der Waals surface area contributed by atoms with Crippen LogP contribution in [0, 0.1) is 5.92 Å². The van der Waals surface area contributed by atoms with Crippen molar-refractivity contribution in [1.82, 2.24) is 9.55 Å². The molecule has 0 aliphatic carbocycles. The molecule has 1 atom stereocenters. The molecule has 1 aliphatic heterocycles. The number of carboxylic acid groups (broad SMARTS) is 1. The first kappa shape index (κ1) is 11.4. The summed E-state index contributed by atoms with van der Waals surface area (Å²) in [5.74, 6) is -0.415. The van der Waals surface area contributed by atoms with Gasteiger partial charge in [-0.05, 0) is 6.42 Å². The molecule has 2 rings (SSSR count). The molecule has 2 heterocycles.